The van der Waals surface area contributed by atoms with Crippen molar-refractivity contribution in [3.63, 3.8) is 0 Å². The van der Waals surface area contributed by atoms with E-state index >= 15 is 0 Å². The number of nitrogens with zero attached hydrogens (tertiary/aromatic N) is 2. The molecule has 0 fully saturated rings. The quantitative estimate of drug-likeness (QED) is 0.310. The van der Waals surface area contributed by atoms with Crippen LogP contribution in [0, 0.1) is 0 Å². The summed E-state index contributed by atoms with van der Waals surface area (Å²) in [6.07, 6.45) is 1.62. The summed E-state index contributed by atoms with van der Waals surface area (Å²) in [5, 5.41) is 3.40. The van der Waals surface area contributed by atoms with E-state index in [-0.39, 0.29) is 37.7 Å². The van der Waals surface area contributed by atoms with Crippen molar-refractivity contribution in [3.05, 3.63) is 87.9 Å². The van der Waals surface area contributed by atoms with Crippen LogP contribution in [0.4, 0.5) is 5.69 Å². The van der Waals surface area contributed by atoms with Crippen LogP contribution in [-0.4, -0.2) is 64.2 Å². The van der Waals surface area contributed by atoms with Crippen LogP contribution in [0.1, 0.15) is 24.0 Å². The number of ether oxygens (including phenoxy) is 2. The second kappa shape index (κ2) is 14.1. The summed E-state index contributed by atoms with van der Waals surface area (Å²) in [5.41, 5.74) is 2.00. The summed E-state index contributed by atoms with van der Waals surface area (Å²) >= 11 is 12.3. The Morgan fingerprint density at radius 2 is 1.64 bits per heavy atom. The van der Waals surface area contributed by atoms with E-state index in [2.05, 4.69) is 5.32 Å². The largest absolute Gasteiger partial charge is 0.486 e. The lowest BCUT2D eigenvalue weighted by Gasteiger charge is -2.32. The highest BCUT2D eigenvalue weighted by Gasteiger charge is 2.30. The molecule has 224 valence electrons. The number of nitrogens with one attached hydrogen (secondary N) is 1. The average molecular weight is 635 g/mol. The first-order valence-corrected chi connectivity index (χ1v) is 16.0. The minimum atomic E-state index is -3.67. The Morgan fingerprint density at radius 3 is 2.31 bits per heavy atom. The predicted octanol–water partition coefficient (Wildman–Crippen LogP) is 4.70. The molecule has 1 aliphatic heterocycles. The molecule has 3 aromatic carbocycles. The molecule has 0 saturated heterocycles. The molecule has 2 amide bonds. The van der Waals surface area contributed by atoms with E-state index in [1.807, 2.05) is 30.3 Å². The van der Waals surface area contributed by atoms with Crippen LogP contribution in [0.2, 0.25) is 10.0 Å². The van der Waals surface area contributed by atoms with Crippen molar-refractivity contribution in [3.8, 4) is 11.5 Å². The number of hydrogen-bond acceptors (Lipinski definition) is 6. The van der Waals surface area contributed by atoms with Gasteiger partial charge in [0.2, 0.25) is 21.8 Å². The van der Waals surface area contributed by atoms with E-state index in [1.54, 1.807) is 36.4 Å². The fraction of sp³-hybridized carbons (Fsp3) is 0.333. The van der Waals surface area contributed by atoms with Gasteiger partial charge in [-0.15, -0.1) is 0 Å². The fourth-order valence-corrected chi connectivity index (χ4v) is 6.02. The van der Waals surface area contributed by atoms with Crippen LogP contribution in [0.5, 0.6) is 11.5 Å². The number of benzene rings is 3. The summed E-state index contributed by atoms with van der Waals surface area (Å²) in [5.74, 6) is 0.387. The molecule has 4 rings (SSSR count). The van der Waals surface area contributed by atoms with Crippen LogP contribution in [0.3, 0.4) is 0 Å². The molecule has 12 heteroatoms. The fourth-order valence-electron chi connectivity index (χ4n) is 4.75. The van der Waals surface area contributed by atoms with Crippen molar-refractivity contribution in [2.75, 3.05) is 37.4 Å². The lowest BCUT2D eigenvalue weighted by atomic mass is 10.0. The van der Waals surface area contributed by atoms with Gasteiger partial charge in [0, 0.05) is 39.0 Å². The molecule has 0 saturated carbocycles. The Balaban J connectivity index is 1.56. The molecule has 9 nitrogen and oxygen atoms in total. The molecular formula is C30H33Cl2N3O6S. The molecular weight excluding hydrogens is 601 g/mol. The van der Waals surface area contributed by atoms with Gasteiger partial charge in [-0.1, -0.05) is 59.6 Å². The Morgan fingerprint density at radius 1 is 0.929 bits per heavy atom. The second-order valence-corrected chi connectivity index (χ2v) is 12.6. The van der Waals surface area contributed by atoms with Crippen molar-refractivity contribution in [2.24, 2.45) is 0 Å². The Bertz CT molecular complexity index is 1520. The van der Waals surface area contributed by atoms with E-state index in [9.17, 15) is 18.0 Å². The van der Waals surface area contributed by atoms with Crippen molar-refractivity contribution in [1.82, 2.24) is 10.2 Å². The van der Waals surface area contributed by atoms with Crippen LogP contribution in [-0.2, 0) is 32.6 Å². The van der Waals surface area contributed by atoms with Gasteiger partial charge in [-0.25, -0.2) is 8.42 Å². The van der Waals surface area contributed by atoms with E-state index in [4.69, 9.17) is 32.7 Å². The predicted molar refractivity (Wildman–Crippen MR) is 164 cm³/mol. The number of amides is 2. The first-order valence-electron chi connectivity index (χ1n) is 13.4. The highest BCUT2D eigenvalue weighted by Crippen LogP contribution is 2.35. The summed E-state index contributed by atoms with van der Waals surface area (Å²) in [4.78, 5) is 28.4. The first kappa shape index (κ1) is 31.5. The molecule has 1 aliphatic rings. The van der Waals surface area contributed by atoms with Crippen LogP contribution in [0.25, 0.3) is 0 Å². The molecule has 0 spiro atoms. The summed E-state index contributed by atoms with van der Waals surface area (Å²) in [6.45, 7) is 0.949. The number of rotatable bonds is 12. The summed E-state index contributed by atoms with van der Waals surface area (Å²) in [7, 11) is -2.15. The SMILES string of the molecule is CNC(=O)[C@H](Cc1ccccc1)N(Cc1ccc(Cl)c(Cl)c1)C(=O)CCCN(c1ccc2c(c1)OCCO2)S(C)(=O)=O. The lowest BCUT2D eigenvalue weighted by Crippen LogP contribution is -2.49. The number of fused-ring (bicyclic) bond motifs is 1. The standard InChI is InChI=1S/C30H33Cl2N3O6S/c1-33-30(37)26(18-21-7-4-3-5-8-21)34(20-22-10-12-24(31)25(32)17-22)29(36)9-6-14-35(42(2,38)39)23-11-13-27-28(19-23)41-16-15-40-27/h3-5,7-8,10-13,17,19,26H,6,9,14-16,18,20H2,1-2H3,(H,33,37)/t26-/m0/s1. The molecule has 42 heavy (non-hydrogen) atoms. The zero-order valence-corrected chi connectivity index (χ0v) is 25.7. The van der Waals surface area contributed by atoms with Gasteiger partial charge in [0.25, 0.3) is 0 Å². The number of likely N-dealkylation sites (N-methyl/N-ethyl adjacent to an activating group) is 1. The number of anilines is 1. The molecule has 0 aliphatic carbocycles. The maximum absolute atomic E-state index is 13.8. The van der Waals surface area contributed by atoms with E-state index in [0.717, 1.165) is 11.8 Å². The van der Waals surface area contributed by atoms with E-state index < -0.39 is 16.1 Å². The van der Waals surface area contributed by atoms with Crippen LogP contribution >= 0.6 is 23.2 Å². The van der Waals surface area contributed by atoms with Crippen molar-refractivity contribution < 1.29 is 27.5 Å². The molecule has 0 bridgehead atoms. The van der Waals surface area contributed by atoms with Gasteiger partial charge >= 0.3 is 0 Å². The molecule has 1 N–H and O–H groups in total. The lowest BCUT2D eigenvalue weighted by molar-refractivity contribution is -0.141. The molecule has 0 aromatic heterocycles. The minimum absolute atomic E-state index is 0.000176. The first-order chi connectivity index (χ1) is 20.1. The summed E-state index contributed by atoms with van der Waals surface area (Å²) in [6, 6.07) is 18.6. The zero-order valence-electron chi connectivity index (χ0n) is 23.4. The van der Waals surface area contributed by atoms with Gasteiger partial charge in [0.05, 0.1) is 22.0 Å². The molecule has 0 unspecified atom stereocenters. The molecule has 3 aromatic rings. The van der Waals surface area contributed by atoms with Crippen molar-refractivity contribution >= 4 is 50.7 Å². The Hall–Kier alpha value is -3.47. The van der Waals surface area contributed by atoms with Crippen molar-refractivity contribution in [1.29, 1.82) is 0 Å². The van der Waals surface area contributed by atoms with Crippen LogP contribution in [0.15, 0.2) is 66.7 Å². The summed E-state index contributed by atoms with van der Waals surface area (Å²) < 4.78 is 37.9. The highest BCUT2D eigenvalue weighted by molar-refractivity contribution is 7.92. The normalized spacial score (nSPS) is 13.2. The van der Waals surface area contributed by atoms with Gasteiger partial charge < -0.3 is 19.7 Å². The molecule has 0 radical (unpaired) electrons. The third-order valence-corrected chi connectivity index (χ3v) is 8.75. The maximum atomic E-state index is 13.8. The Kier molecular flexibility index (Phi) is 10.6. The van der Waals surface area contributed by atoms with Crippen LogP contribution < -0.4 is 19.1 Å². The van der Waals surface area contributed by atoms with Gasteiger partial charge in [-0.05, 0) is 41.8 Å². The number of carbonyl (C=O) groups excluding carboxylic acids is 2. The van der Waals surface area contributed by atoms with Gasteiger partial charge in [0.15, 0.2) is 11.5 Å². The topological polar surface area (TPSA) is 105 Å². The van der Waals surface area contributed by atoms with Gasteiger partial charge in [0.1, 0.15) is 19.3 Å². The number of hydrogen-bond donors (Lipinski definition) is 1. The smallest absolute Gasteiger partial charge is 0.242 e. The molecule has 1 atom stereocenters. The van der Waals surface area contributed by atoms with Gasteiger partial charge in [-0.2, -0.15) is 0 Å². The van der Waals surface area contributed by atoms with E-state index in [1.165, 1.54) is 16.3 Å². The molecule has 1 heterocycles. The number of sulfonamides is 1. The van der Waals surface area contributed by atoms with Gasteiger partial charge in [-0.3, -0.25) is 13.9 Å². The van der Waals surface area contributed by atoms with E-state index in [0.29, 0.717) is 52.4 Å². The monoisotopic (exact) mass is 633 g/mol. The maximum Gasteiger partial charge on any atom is 0.242 e. The average Bonchev–Trinajstić information content (AvgIpc) is 2.98. The zero-order chi connectivity index (χ0) is 30.3. The number of carbonyl (C=O) groups is 2. The second-order valence-electron chi connectivity index (χ2n) is 9.86. The van der Waals surface area contributed by atoms with Crippen molar-refractivity contribution in [2.45, 2.75) is 31.8 Å². The minimum Gasteiger partial charge on any atom is -0.486 e. The highest BCUT2D eigenvalue weighted by atomic mass is 35.5. The third kappa shape index (κ3) is 8.08. The third-order valence-electron chi connectivity index (χ3n) is 6.82. The Labute approximate surface area is 256 Å². The number of halogens is 2.